The van der Waals surface area contributed by atoms with E-state index in [1.807, 2.05) is 44.2 Å². The Bertz CT molecular complexity index is 741. The van der Waals surface area contributed by atoms with Gasteiger partial charge in [0.1, 0.15) is 10.8 Å². The number of ether oxygens (including phenoxy) is 2. The fraction of sp³-hybridized carbons (Fsp3) is 0.333. The number of carbonyl (C=O) groups is 1. The molecule has 2 N–H and O–H groups in total. The molecule has 1 aromatic heterocycles. The van der Waals surface area contributed by atoms with Crippen LogP contribution in [0.4, 0.5) is 5.00 Å². The molecule has 1 unspecified atom stereocenters. The molecule has 134 valence electrons. The first kappa shape index (κ1) is 19.2. The zero-order chi connectivity index (χ0) is 18.4. The number of carbonyl (C=O) groups excluding carboxylic acids is 1. The highest BCUT2D eigenvalue weighted by Crippen LogP contribution is 2.29. The molecule has 5 nitrogen and oxygen atoms in total. The Morgan fingerprint density at radius 2 is 1.96 bits per heavy atom. The Labute approximate surface area is 157 Å². The quantitative estimate of drug-likeness (QED) is 0.582. The predicted molar refractivity (Wildman–Crippen MR) is 106 cm³/mol. The molecule has 0 saturated carbocycles. The summed E-state index contributed by atoms with van der Waals surface area (Å²) in [6.45, 7) is 4.06. The van der Waals surface area contributed by atoms with Crippen LogP contribution in [-0.4, -0.2) is 25.3 Å². The van der Waals surface area contributed by atoms with Gasteiger partial charge in [-0.05, 0) is 49.3 Å². The SMILES string of the molecule is CCc1cc(C(=O)OC)c(NC(=S)NC(C)c2ccc(OC)cc2)s1. The zero-order valence-electron chi connectivity index (χ0n) is 14.7. The highest BCUT2D eigenvalue weighted by Gasteiger charge is 2.17. The van der Waals surface area contributed by atoms with Crippen molar-refractivity contribution in [2.45, 2.75) is 26.3 Å². The van der Waals surface area contributed by atoms with Gasteiger partial charge in [0.2, 0.25) is 0 Å². The van der Waals surface area contributed by atoms with Crippen LogP contribution in [0.15, 0.2) is 30.3 Å². The first-order valence-electron chi connectivity index (χ1n) is 7.91. The van der Waals surface area contributed by atoms with Crippen molar-refractivity contribution in [1.82, 2.24) is 5.32 Å². The van der Waals surface area contributed by atoms with E-state index in [2.05, 4.69) is 10.6 Å². The number of nitrogens with one attached hydrogen (secondary N) is 2. The Morgan fingerprint density at radius 3 is 2.52 bits per heavy atom. The number of thiophene rings is 1. The Morgan fingerprint density at radius 1 is 1.28 bits per heavy atom. The van der Waals surface area contributed by atoms with Crippen LogP contribution >= 0.6 is 23.6 Å². The van der Waals surface area contributed by atoms with Crippen molar-refractivity contribution >= 4 is 39.6 Å². The van der Waals surface area contributed by atoms with Crippen LogP contribution in [0.1, 0.15) is 40.7 Å². The zero-order valence-corrected chi connectivity index (χ0v) is 16.3. The molecule has 7 heteroatoms. The molecule has 1 heterocycles. The topological polar surface area (TPSA) is 59.6 Å². The lowest BCUT2D eigenvalue weighted by atomic mass is 10.1. The lowest BCUT2D eigenvalue weighted by Gasteiger charge is -2.17. The second-order valence-corrected chi connectivity index (χ2v) is 6.94. The standard InChI is InChI=1S/C18H22N2O3S2/c1-5-14-10-15(17(21)23-4)16(25-14)20-18(24)19-11(2)12-6-8-13(22-3)9-7-12/h6-11H,5H2,1-4H3,(H2,19,20,24). The predicted octanol–water partition coefficient (Wildman–Crippen LogP) is 4.15. The van der Waals surface area contributed by atoms with Crippen LogP contribution in [0.5, 0.6) is 5.75 Å². The van der Waals surface area contributed by atoms with Gasteiger partial charge in [-0.3, -0.25) is 0 Å². The molecule has 0 saturated heterocycles. The van der Waals surface area contributed by atoms with Crippen LogP contribution in [0, 0.1) is 0 Å². The summed E-state index contributed by atoms with van der Waals surface area (Å²) in [5.41, 5.74) is 1.59. The van der Waals surface area contributed by atoms with Crippen LogP contribution in [-0.2, 0) is 11.2 Å². The van der Waals surface area contributed by atoms with Gasteiger partial charge in [0.15, 0.2) is 5.11 Å². The molecule has 2 aromatic rings. The average molecular weight is 379 g/mol. The fourth-order valence-electron chi connectivity index (χ4n) is 2.28. The van der Waals surface area contributed by atoms with E-state index in [0.717, 1.165) is 22.6 Å². The van der Waals surface area contributed by atoms with E-state index in [9.17, 15) is 4.79 Å². The Kier molecular flexibility index (Phi) is 6.78. The Hall–Kier alpha value is -2.12. The fourth-order valence-corrected chi connectivity index (χ4v) is 3.61. The number of benzene rings is 1. The third-order valence-corrected chi connectivity index (χ3v) is 5.14. The van der Waals surface area contributed by atoms with Gasteiger partial charge < -0.3 is 20.1 Å². The smallest absolute Gasteiger partial charge is 0.340 e. The first-order chi connectivity index (χ1) is 12.0. The minimum Gasteiger partial charge on any atom is -0.497 e. The summed E-state index contributed by atoms with van der Waals surface area (Å²) >= 11 is 6.90. The normalized spacial score (nSPS) is 11.5. The molecule has 0 aliphatic heterocycles. The summed E-state index contributed by atoms with van der Waals surface area (Å²) in [4.78, 5) is 13.0. The molecule has 0 radical (unpaired) electrons. The summed E-state index contributed by atoms with van der Waals surface area (Å²) in [6.07, 6.45) is 0.846. The molecule has 1 aromatic carbocycles. The van der Waals surface area contributed by atoms with E-state index >= 15 is 0 Å². The van der Waals surface area contributed by atoms with E-state index in [1.54, 1.807) is 7.11 Å². The number of anilines is 1. The Balaban J connectivity index is 2.06. The monoisotopic (exact) mass is 378 g/mol. The maximum atomic E-state index is 11.9. The minimum atomic E-state index is -0.371. The number of hydrogen-bond donors (Lipinski definition) is 2. The number of hydrogen-bond acceptors (Lipinski definition) is 5. The molecular weight excluding hydrogens is 356 g/mol. The van der Waals surface area contributed by atoms with Crippen LogP contribution in [0.2, 0.25) is 0 Å². The van der Waals surface area contributed by atoms with Crippen LogP contribution < -0.4 is 15.4 Å². The number of rotatable bonds is 6. The lowest BCUT2D eigenvalue weighted by Crippen LogP contribution is -2.31. The minimum absolute atomic E-state index is 0.0121. The van der Waals surface area contributed by atoms with Crippen LogP contribution in [0.3, 0.4) is 0 Å². The first-order valence-corrected chi connectivity index (χ1v) is 9.13. The van der Waals surface area contributed by atoms with Crippen LogP contribution in [0.25, 0.3) is 0 Å². The van der Waals surface area contributed by atoms with Gasteiger partial charge in [-0.25, -0.2) is 4.79 Å². The molecule has 0 aliphatic rings. The van der Waals surface area contributed by atoms with E-state index in [0.29, 0.717) is 15.7 Å². The van der Waals surface area contributed by atoms with Gasteiger partial charge in [0.05, 0.1) is 25.8 Å². The molecule has 0 amide bonds. The van der Waals surface area contributed by atoms with Crippen molar-refractivity contribution in [3.05, 3.63) is 46.3 Å². The summed E-state index contributed by atoms with van der Waals surface area (Å²) in [5, 5.41) is 7.50. The van der Waals surface area contributed by atoms with E-state index in [-0.39, 0.29) is 12.0 Å². The molecule has 0 aliphatic carbocycles. The van der Waals surface area contributed by atoms with Crippen molar-refractivity contribution in [1.29, 1.82) is 0 Å². The molecule has 0 fully saturated rings. The molecule has 0 spiro atoms. The van der Waals surface area contributed by atoms with Gasteiger partial charge in [-0.1, -0.05) is 19.1 Å². The maximum absolute atomic E-state index is 11.9. The third kappa shape index (κ3) is 4.93. The molecule has 0 bridgehead atoms. The van der Waals surface area contributed by atoms with Gasteiger partial charge in [-0.15, -0.1) is 11.3 Å². The third-order valence-electron chi connectivity index (χ3n) is 3.73. The second kappa shape index (κ2) is 8.82. The second-order valence-electron chi connectivity index (χ2n) is 5.39. The molecule has 2 rings (SSSR count). The summed E-state index contributed by atoms with van der Waals surface area (Å²) in [6, 6.07) is 9.64. The highest BCUT2D eigenvalue weighted by molar-refractivity contribution is 7.80. The summed E-state index contributed by atoms with van der Waals surface area (Å²) < 4.78 is 10.0. The van der Waals surface area contributed by atoms with E-state index in [1.165, 1.54) is 18.4 Å². The van der Waals surface area contributed by atoms with Crippen molar-refractivity contribution in [3.63, 3.8) is 0 Å². The number of aryl methyl sites for hydroxylation is 1. The van der Waals surface area contributed by atoms with Crippen molar-refractivity contribution < 1.29 is 14.3 Å². The van der Waals surface area contributed by atoms with Crippen molar-refractivity contribution in [3.8, 4) is 5.75 Å². The number of thiocarbonyl (C=S) groups is 1. The largest absolute Gasteiger partial charge is 0.497 e. The van der Waals surface area contributed by atoms with Gasteiger partial charge in [-0.2, -0.15) is 0 Å². The van der Waals surface area contributed by atoms with Gasteiger partial charge in [0.25, 0.3) is 0 Å². The van der Waals surface area contributed by atoms with E-state index in [4.69, 9.17) is 21.7 Å². The van der Waals surface area contributed by atoms with Gasteiger partial charge >= 0.3 is 5.97 Å². The molecule has 1 atom stereocenters. The van der Waals surface area contributed by atoms with E-state index < -0.39 is 0 Å². The number of methoxy groups -OCH3 is 2. The summed E-state index contributed by atoms with van der Waals surface area (Å²) in [7, 11) is 3.01. The highest BCUT2D eigenvalue weighted by atomic mass is 32.1. The molecule has 25 heavy (non-hydrogen) atoms. The number of esters is 1. The molecular formula is C18H22N2O3S2. The lowest BCUT2D eigenvalue weighted by molar-refractivity contribution is 0.0602. The average Bonchev–Trinajstić information content (AvgIpc) is 3.03. The summed E-state index contributed by atoms with van der Waals surface area (Å²) in [5.74, 6) is 0.439. The van der Waals surface area contributed by atoms with Crippen molar-refractivity contribution in [2.75, 3.05) is 19.5 Å². The van der Waals surface area contributed by atoms with Crippen molar-refractivity contribution in [2.24, 2.45) is 0 Å². The maximum Gasteiger partial charge on any atom is 0.340 e. The van der Waals surface area contributed by atoms with Gasteiger partial charge in [0, 0.05) is 4.88 Å².